The van der Waals surface area contributed by atoms with Gasteiger partial charge in [-0.2, -0.15) is 13.2 Å². The highest BCUT2D eigenvalue weighted by molar-refractivity contribution is 6.06. The van der Waals surface area contributed by atoms with Crippen molar-refractivity contribution in [2.45, 2.75) is 45.1 Å². The monoisotopic (exact) mass is 459 g/mol. The molecule has 3 aromatic rings. The fourth-order valence-electron chi connectivity index (χ4n) is 3.87. The van der Waals surface area contributed by atoms with Crippen LogP contribution in [-0.2, 0) is 10.9 Å². The number of halogens is 4. The molecule has 1 amide bonds. The van der Waals surface area contributed by atoms with Crippen molar-refractivity contribution in [1.29, 1.82) is 0 Å². The third-order valence-corrected chi connectivity index (χ3v) is 5.47. The summed E-state index contributed by atoms with van der Waals surface area (Å²) >= 11 is 0. The van der Waals surface area contributed by atoms with Gasteiger partial charge in [0.15, 0.2) is 0 Å². The van der Waals surface area contributed by atoms with Crippen LogP contribution in [0.25, 0.3) is 11.3 Å². The highest BCUT2D eigenvalue weighted by atomic mass is 19.4. The minimum absolute atomic E-state index is 0.211. The van der Waals surface area contributed by atoms with Gasteiger partial charge in [-0.1, -0.05) is 30.3 Å². The molecule has 1 aliphatic rings. The van der Waals surface area contributed by atoms with Crippen molar-refractivity contribution >= 4 is 11.6 Å². The molecule has 0 aliphatic carbocycles. The lowest BCUT2D eigenvalue weighted by atomic mass is 9.96. The summed E-state index contributed by atoms with van der Waals surface area (Å²) < 4.78 is 61.1. The number of nitrogens with one attached hydrogen (secondary N) is 1. The van der Waals surface area contributed by atoms with Gasteiger partial charge in [0, 0.05) is 5.56 Å². The fraction of sp³-hybridized carbons (Fsp3) is 0.292. The van der Waals surface area contributed by atoms with E-state index in [0.717, 1.165) is 6.07 Å². The number of rotatable bonds is 4. The molecule has 0 bridgehead atoms. The van der Waals surface area contributed by atoms with Gasteiger partial charge >= 0.3 is 6.18 Å². The Morgan fingerprint density at radius 3 is 2.52 bits per heavy atom. The smallest absolute Gasteiger partial charge is 0.371 e. The van der Waals surface area contributed by atoms with Gasteiger partial charge in [0.2, 0.25) is 0 Å². The largest absolute Gasteiger partial charge is 0.416 e. The number of carbonyl (C=O) groups is 1. The molecule has 5 nitrogen and oxygen atoms in total. The molecule has 0 spiro atoms. The molecule has 1 saturated heterocycles. The zero-order valence-corrected chi connectivity index (χ0v) is 17.9. The standard InChI is InChI=1S/C24H21F4N3O2/c1-13-8-9-21(33-13)16-10-17(19(25)11-18(16)24(26,27)28)23(32)31-20-12-29-14(2)30-22(20)15-6-4-3-5-7-15/h3-7,10-13,21H,8-9H2,1-2H3,(H,31,32). The number of hydrogen-bond acceptors (Lipinski definition) is 4. The highest BCUT2D eigenvalue weighted by Crippen LogP contribution is 2.41. The maximum atomic E-state index is 14.7. The van der Waals surface area contributed by atoms with Crippen LogP contribution in [0.2, 0.25) is 0 Å². The maximum Gasteiger partial charge on any atom is 0.416 e. The van der Waals surface area contributed by atoms with Crippen molar-refractivity contribution in [2.24, 2.45) is 0 Å². The van der Waals surface area contributed by atoms with Crippen molar-refractivity contribution in [1.82, 2.24) is 9.97 Å². The Morgan fingerprint density at radius 2 is 1.88 bits per heavy atom. The summed E-state index contributed by atoms with van der Waals surface area (Å²) in [6.07, 6.45) is -3.58. The van der Waals surface area contributed by atoms with E-state index in [-0.39, 0.29) is 17.4 Å². The summed E-state index contributed by atoms with van der Waals surface area (Å²) in [5.41, 5.74) is -0.581. The fourth-order valence-corrected chi connectivity index (χ4v) is 3.87. The number of nitrogens with zero attached hydrogens (tertiary/aromatic N) is 2. The molecule has 1 fully saturated rings. The lowest BCUT2D eigenvalue weighted by molar-refractivity contribution is -0.139. The van der Waals surface area contributed by atoms with E-state index in [4.69, 9.17) is 4.74 Å². The van der Waals surface area contributed by atoms with Crippen LogP contribution in [0.4, 0.5) is 23.2 Å². The van der Waals surface area contributed by atoms with Gasteiger partial charge < -0.3 is 10.1 Å². The van der Waals surface area contributed by atoms with Crippen LogP contribution in [0.5, 0.6) is 0 Å². The van der Waals surface area contributed by atoms with E-state index in [2.05, 4.69) is 15.3 Å². The summed E-state index contributed by atoms with van der Waals surface area (Å²) in [6, 6.07) is 10.3. The number of carbonyl (C=O) groups excluding carboxylic acids is 1. The van der Waals surface area contributed by atoms with Crippen LogP contribution in [0.15, 0.2) is 48.7 Å². The van der Waals surface area contributed by atoms with Crippen LogP contribution >= 0.6 is 0 Å². The molecule has 0 radical (unpaired) electrons. The van der Waals surface area contributed by atoms with Gasteiger partial charge in [-0.25, -0.2) is 14.4 Å². The SMILES string of the molecule is Cc1ncc(NC(=O)c2cc(C3CCC(C)O3)c(C(F)(F)F)cc2F)c(-c2ccccc2)n1. The summed E-state index contributed by atoms with van der Waals surface area (Å²) in [7, 11) is 0. The quantitative estimate of drug-likeness (QED) is 0.479. The molecule has 4 rings (SSSR count). The van der Waals surface area contributed by atoms with Crippen molar-refractivity contribution in [3.8, 4) is 11.3 Å². The molecule has 33 heavy (non-hydrogen) atoms. The Balaban J connectivity index is 1.73. The van der Waals surface area contributed by atoms with Crippen LogP contribution in [0, 0.1) is 12.7 Å². The minimum Gasteiger partial charge on any atom is -0.371 e. The number of anilines is 1. The second kappa shape index (κ2) is 8.90. The van der Waals surface area contributed by atoms with Gasteiger partial charge in [-0.05, 0) is 44.4 Å². The first kappa shape index (κ1) is 22.8. The Labute approximate surface area is 187 Å². The molecule has 9 heteroatoms. The third kappa shape index (κ3) is 4.88. The van der Waals surface area contributed by atoms with Gasteiger partial charge in [-0.3, -0.25) is 4.79 Å². The average molecular weight is 459 g/mol. The predicted octanol–water partition coefficient (Wildman–Crippen LogP) is 6.10. The minimum atomic E-state index is -4.79. The molecule has 1 aliphatic heterocycles. The van der Waals surface area contributed by atoms with Crippen molar-refractivity contribution in [3.05, 3.63) is 77.0 Å². The topological polar surface area (TPSA) is 64.1 Å². The van der Waals surface area contributed by atoms with E-state index in [1.54, 1.807) is 38.1 Å². The number of alkyl halides is 3. The average Bonchev–Trinajstić information content (AvgIpc) is 3.20. The second-order valence-corrected chi connectivity index (χ2v) is 7.93. The first-order chi connectivity index (χ1) is 15.6. The first-order valence-corrected chi connectivity index (χ1v) is 10.4. The summed E-state index contributed by atoms with van der Waals surface area (Å²) in [5, 5.41) is 2.55. The van der Waals surface area contributed by atoms with Crippen LogP contribution in [0.3, 0.4) is 0 Å². The predicted molar refractivity (Wildman–Crippen MR) is 114 cm³/mol. The lowest BCUT2D eigenvalue weighted by Gasteiger charge is -2.20. The third-order valence-electron chi connectivity index (χ3n) is 5.47. The Hall–Kier alpha value is -3.33. The van der Waals surface area contributed by atoms with E-state index >= 15 is 0 Å². The highest BCUT2D eigenvalue weighted by Gasteiger charge is 2.39. The van der Waals surface area contributed by atoms with Gasteiger partial charge in [0.05, 0.1) is 40.9 Å². The molecule has 2 unspecified atom stereocenters. The molecule has 2 heterocycles. The van der Waals surface area contributed by atoms with Crippen LogP contribution in [0.1, 0.15) is 53.2 Å². The first-order valence-electron chi connectivity index (χ1n) is 10.4. The Bertz CT molecular complexity index is 1180. The summed E-state index contributed by atoms with van der Waals surface area (Å²) in [5.74, 6) is -1.72. The molecule has 1 aromatic heterocycles. The Kier molecular flexibility index (Phi) is 6.16. The number of aryl methyl sites for hydroxylation is 1. The molecule has 0 saturated carbocycles. The van der Waals surface area contributed by atoms with Crippen molar-refractivity contribution in [3.63, 3.8) is 0 Å². The molecule has 2 atom stereocenters. The molecular formula is C24H21F4N3O2. The number of hydrogen-bond donors (Lipinski definition) is 1. The van der Waals surface area contributed by atoms with Crippen LogP contribution in [-0.4, -0.2) is 22.0 Å². The van der Waals surface area contributed by atoms with Gasteiger partial charge in [0.25, 0.3) is 5.91 Å². The maximum absolute atomic E-state index is 14.7. The summed E-state index contributed by atoms with van der Waals surface area (Å²) in [6.45, 7) is 3.44. The number of aromatic nitrogens is 2. The van der Waals surface area contributed by atoms with E-state index in [1.165, 1.54) is 6.20 Å². The number of benzene rings is 2. The molecular weight excluding hydrogens is 438 g/mol. The number of ether oxygens (including phenoxy) is 1. The normalized spacial score (nSPS) is 18.4. The van der Waals surface area contributed by atoms with E-state index < -0.39 is 35.1 Å². The zero-order chi connectivity index (χ0) is 23.8. The Morgan fingerprint density at radius 1 is 1.15 bits per heavy atom. The molecule has 1 N–H and O–H groups in total. The number of amides is 1. The van der Waals surface area contributed by atoms with E-state index in [0.29, 0.717) is 36.0 Å². The molecule has 172 valence electrons. The van der Waals surface area contributed by atoms with E-state index in [1.807, 2.05) is 6.07 Å². The van der Waals surface area contributed by atoms with Gasteiger partial charge in [-0.15, -0.1) is 0 Å². The van der Waals surface area contributed by atoms with Crippen LogP contribution < -0.4 is 5.32 Å². The second-order valence-electron chi connectivity index (χ2n) is 7.93. The molecule has 2 aromatic carbocycles. The lowest BCUT2D eigenvalue weighted by Crippen LogP contribution is -2.19. The van der Waals surface area contributed by atoms with Crippen molar-refractivity contribution < 1.29 is 27.1 Å². The van der Waals surface area contributed by atoms with Crippen molar-refractivity contribution in [2.75, 3.05) is 5.32 Å². The van der Waals surface area contributed by atoms with Gasteiger partial charge in [0.1, 0.15) is 11.6 Å². The zero-order valence-electron chi connectivity index (χ0n) is 17.9. The van der Waals surface area contributed by atoms with E-state index in [9.17, 15) is 22.4 Å². The summed E-state index contributed by atoms with van der Waals surface area (Å²) in [4.78, 5) is 21.4.